The zero-order valence-electron chi connectivity index (χ0n) is 16.2. The Labute approximate surface area is 176 Å². The van der Waals surface area contributed by atoms with E-state index in [1.54, 1.807) is 17.4 Å². The van der Waals surface area contributed by atoms with Crippen molar-refractivity contribution in [1.29, 1.82) is 0 Å². The molecule has 2 aromatic rings. The number of hydrogen-bond donors (Lipinski definition) is 3. The van der Waals surface area contributed by atoms with Crippen molar-refractivity contribution in [3.63, 3.8) is 0 Å². The zero-order chi connectivity index (χ0) is 20.6. The zero-order valence-corrected chi connectivity index (χ0v) is 17.9. The number of nitrogens with one attached hydrogen (secondary N) is 2. The highest BCUT2D eigenvalue weighted by Gasteiger charge is 2.22. The van der Waals surface area contributed by atoms with Gasteiger partial charge in [0.2, 0.25) is 16.8 Å². The van der Waals surface area contributed by atoms with Crippen LogP contribution in [0.5, 0.6) is 0 Å². The van der Waals surface area contributed by atoms with Crippen molar-refractivity contribution in [1.82, 2.24) is 15.0 Å². The molecule has 0 bridgehead atoms. The van der Waals surface area contributed by atoms with Gasteiger partial charge in [0.1, 0.15) is 5.01 Å². The standard InChI is InChI=1S/C21H25N3O3S2/c1-2-17-14-28-21(22-17)19(23-20(25)13-15-6-4-3-5-7-15)12-16-8-10-18(11-9-16)24-29(26)27/h3-8,10-11,14,16,19,29H,2,9,12-13H2,1H3,(H,23,25)(H,24,26,27)/t16?,19-/m0/s1. The summed E-state index contributed by atoms with van der Waals surface area (Å²) in [5.41, 5.74) is 2.58. The van der Waals surface area contributed by atoms with Crippen LogP contribution < -0.4 is 10.0 Å². The molecule has 1 aromatic carbocycles. The van der Waals surface area contributed by atoms with Gasteiger partial charge in [-0.3, -0.25) is 9.52 Å². The van der Waals surface area contributed by atoms with Crippen LogP contribution >= 0.6 is 11.3 Å². The number of hydrogen-bond acceptors (Lipinski definition) is 5. The molecule has 2 N–H and O–H groups in total. The van der Waals surface area contributed by atoms with Crippen LogP contribution in [0.2, 0.25) is 0 Å². The minimum atomic E-state index is -2.66. The minimum Gasteiger partial charge on any atom is -0.347 e. The summed E-state index contributed by atoms with van der Waals surface area (Å²) in [6.45, 7) is 2.06. The van der Waals surface area contributed by atoms with Gasteiger partial charge in [0.05, 0.1) is 18.2 Å². The van der Waals surface area contributed by atoms with Gasteiger partial charge in [-0.1, -0.05) is 49.4 Å². The Morgan fingerprint density at radius 3 is 2.72 bits per heavy atom. The second kappa shape index (κ2) is 10.4. The van der Waals surface area contributed by atoms with Crippen molar-refractivity contribution in [3.05, 3.63) is 75.9 Å². The normalized spacial score (nSPS) is 17.0. The van der Waals surface area contributed by atoms with Gasteiger partial charge in [-0.05, 0) is 36.8 Å². The number of carbonyl (C=O) groups is 1. The third-order valence-electron chi connectivity index (χ3n) is 4.72. The molecule has 1 unspecified atom stereocenters. The van der Waals surface area contributed by atoms with Crippen molar-refractivity contribution >= 4 is 28.1 Å². The van der Waals surface area contributed by atoms with Gasteiger partial charge in [-0.25, -0.2) is 13.4 Å². The Hall–Kier alpha value is -2.45. The summed E-state index contributed by atoms with van der Waals surface area (Å²) in [7, 11) is -2.66. The van der Waals surface area contributed by atoms with E-state index in [-0.39, 0.29) is 17.9 Å². The van der Waals surface area contributed by atoms with E-state index in [9.17, 15) is 13.2 Å². The molecule has 0 saturated carbocycles. The molecule has 8 heteroatoms. The molecule has 1 amide bonds. The average molecular weight is 432 g/mol. The first-order valence-corrected chi connectivity index (χ1v) is 11.7. The molecule has 0 fully saturated rings. The lowest BCUT2D eigenvalue weighted by molar-refractivity contribution is -0.121. The topological polar surface area (TPSA) is 88.2 Å². The number of thiazole rings is 1. The molecule has 0 spiro atoms. The number of benzene rings is 1. The van der Waals surface area contributed by atoms with E-state index in [1.165, 1.54) is 0 Å². The van der Waals surface area contributed by atoms with Gasteiger partial charge in [0, 0.05) is 11.1 Å². The van der Waals surface area contributed by atoms with Crippen molar-refractivity contribution in [2.24, 2.45) is 5.92 Å². The first-order chi connectivity index (χ1) is 14.0. The highest BCUT2D eigenvalue weighted by Crippen LogP contribution is 2.29. The van der Waals surface area contributed by atoms with Gasteiger partial charge in [-0.2, -0.15) is 0 Å². The molecule has 1 heterocycles. The predicted octanol–water partition coefficient (Wildman–Crippen LogP) is 3.07. The van der Waals surface area contributed by atoms with Crippen LogP contribution in [0, 0.1) is 5.92 Å². The maximum Gasteiger partial charge on any atom is 0.224 e. The predicted molar refractivity (Wildman–Crippen MR) is 116 cm³/mol. The summed E-state index contributed by atoms with van der Waals surface area (Å²) < 4.78 is 24.0. The van der Waals surface area contributed by atoms with Gasteiger partial charge in [0.25, 0.3) is 0 Å². The van der Waals surface area contributed by atoms with Crippen molar-refractivity contribution < 1.29 is 13.2 Å². The Bertz CT molecular complexity index is 957. The lowest BCUT2D eigenvalue weighted by Crippen LogP contribution is -2.31. The first-order valence-electron chi connectivity index (χ1n) is 9.60. The van der Waals surface area contributed by atoms with Gasteiger partial charge in [0.15, 0.2) is 0 Å². The lowest BCUT2D eigenvalue weighted by atomic mass is 9.92. The van der Waals surface area contributed by atoms with E-state index >= 15 is 0 Å². The van der Waals surface area contributed by atoms with E-state index in [1.807, 2.05) is 47.9 Å². The molecule has 1 aliphatic rings. The monoisotopic (exact) mass is 431 g/mol. The summed E-state index contributed by atoms with van der Waals surface area (Å²) in [6.07, 6.45) is 8.25. The van der Waals surface area contributed by atoms with E-state index in [0.717, 1.165) is 22.7 Å². The third kappa shape index (κ3) is 6.54. The summed E-state index contributed by atoms with van der Waals surface area (Å²) in [4.78, 5) is 17.3. The van der Waals surface area contributed by atoms with Gasteiger partial charge >= 0.3 is 0 Å². The van der Waals surface area contributed by atoms with E-state index in [4.69, 9.17) is 0 Å². The molecule has 154 valence electrons. The molecule has 0 saturated heterocycles. The largest absolute Gasteiger partial charge is 0.347 e. The Kier molecular flexibility index (Phi) is 7.60. The molecule has 0 aliphatic heterocycles. The average Bonchev–Trinajstić information content (AvgIpc) is 3.18. The number of thiol groups is 1. The van der Waals surface area contributed by atoms with Crippen LogP contribution in [0.25, 0.3) is 0 Å². The summed E-state index contributed by atoms with van der Waals surface area (Å²) in [5, 5.41) is 6.10. The first kappa shape index (κ1) is 21.3. The number of rotatable bonds is 9. The van der Waals surface area contributed by atoms with E-state index in [0.29, 0.717) is 25.0 Å². The molecule has 29 heavy (non-hydrogen) atoms. The van der Waals surface area contributed by atoms with Crippen LogP contribution in [-0.2, 0) is 28.5 Å². The van der Waals surface area contributed by atoms with Crippen LogP contribution in [0.3, 0.4) is 0 Å². The number of allylic oxidation sites excluding steroid dienone is 3. The number of carbonyl (C=O) groups excluding carboxylic acids is 1. The molecular weight excluding hydrogens is 406 g/mol. The third-order valence-corrected chi connectivity index (χ3v) is 6.17. The molecule has 1 aromatic heterocycles. The molecule has 1 aliphatic carbocycles. The van der Waals surface area contributed by atoms with Gasteiger partial charge in [-0.15, -0.1) is 11.3 Å². The van der Waals surface area contributed by atoms with Crippen LogP contribution in [0.15, 0.2) is 59.6 Å². The maximum atomic E-state index is 12.6. The number of nitrogens with zero attached hydrogens (tertiary/aromatic N) is 1. The molecular formula is C21H25N3O3S2. The summed E-state index contributed by atoms with van der Waals surface area (Å²) >= 11 is 1.57. The van der Waals surface area contributed by atoms with E-state index in [2.05, 4.69) is 21.9 Å². The maximum absolute atomic E-state index is 12.6. The Morgan fingerprint density at radius 1 is 1.31 bits per heavy atom. The fraction of sp³-hybridized carbons (Fsp3) is 0.333. The van der Waals surface area contributed by atoms with Crippen molar-refractivity contribution in [3.8, 4) is 0 Å². The van der Waals surface area contributed by atoms with Gasteiger partial charge < -0.3 is 5.32 Å². The van der Waals surface area contributed by atoms with Crippen LogP contribution in [0.4, 0.5) is 0 Å². The molecule has 6 nitrogen and oxygen atoms in total. The highest BCUT2D eigenvalue weighted by atomic mass is 32.2. The van der Waals surface area contributed by atoms with Crippen LogP contribution in [0.1, 0.15) is 42.1 Å². The minimum absolute atomic E-state index is 0.0320. The second-order valence-corrected chi connectivity index (χ2v) is 8.56. The second-order valence-electron chi connectivity index (χ2n) is 6.93. The Morgan fingerprint density at radius 2 is 2.10 bits per heavy atom. The highest BCUT2D eigenvalue weighted by molar-refractivity contribution is 7.70. The molecule has 3 rings (SSSR count). The quantitative estimate of drug-likeness (QED) is 0.533. The fourth-order valence-corrected chi connectivity index (χ4v) is 4.57. The Balaban J connectivity index is 1.68. The molecule has 0 radical (unpaired) electrons. The lowest BCUT2D eigenvalue weighted by Gasteiger charge is -2.22. The number of amides is 1. The number of aryl methyl sites for hydroxylation is 1. The summed E-state index contributed by atoms with van der Waals surface area (Å²) in [5.74, 6) is 0.163. The van der Waals surface area contributed by atoms with Crippen molar-refractivity contribution in [2.45, 2.75) is 38.6 Å². The summed E-state index contributed by atoms with van der Waals surface area (Å²) in [6, 6.07) is 9.49. The smallest absolute Gasteiger partial charge is 0.224 e. The van der Waals surface area contributed by atoms with Crippen molar-refractivity contribution in [2.75, 3.05) is 0 Å². The SMILES string of the molecule is CCc1csc([C@H](CC2C=CC(N[SH](=O)=O)=CC2)NC(=O)Cc2ccccc2)n1. The van der Waals surface area contributed by atoms with Crippen LogP contribution in [-0.4, -0.2) is 19.3 Å². The molecule has 2 atom stereocenters. The fourth-order valence-electron chi connectivity index (χ4n) is 3.22. The van der Waals surface area contributed by atoms with E-state index < -0.39 is 10.9 Å². The number of aromatic nitrogens is 1.